The predicted molar refractivity (Wildman–Crippen MR) is 78.4 cm³/mol. The summed E-state index contributed by atoms with van der Waals surface area (Å²) in [7, 11) is 1.48. The topological polar surface area (TPSA) is 90.6 Å². The Hall–Kier alpha value is -1.54. The highest BCUT2D eigenvalue weighted by Gasteiger charge is 2.25. The van der Waals surface area contributed by atoms with E-state index in [9.17, 15) is 8.42 Å². The maximum Gasteiger partial charge on any atom is 0.296 e. The van der Waals surface area contributed by atoms with E-state index in [2.05, 4.69) is 20.4 Å². The second kappa shape index (κ2) is 5.69. The summed E-state index contributed by atoms with van der Waals surface area (Å²) in [5.41, 5.74) is 2.06. The Kier molecular flexibility index (Phi) is 4.29. The molecule has 21 heavy (non-hydrogen) atoms. The molecule has 0 radical (unpaired) electrons. The summed E-state index contributed by atoms with van der Waals surface area (Å²) in [5.74, 6) is 0.631. The van der Waals surface area contributed by atoms with Gasteiger partial charge in [0.15, 0.2) is 5.82 Å². The quantitative estimate of drug-likeness (QED) is 0.796. The van der Waals surface area contributed by atoms with Crippen molar-refractivity contribution in [3.63, 3.8) is 0 Å². The van der Waals surface area contributed by atoms with E-state index in [1.807, 2.05) is 13.8 Å². The summed E-state index contributed by atoms with van der Waals surface area (Å²) in [6.07, 6.45) is 0. The molecule has 114 valence electrons. The summed E-state index contributed by atoms with van der Waals surface area (Å²) in [6.45, 7) is 7.96. The number of hydrogen-bond donors (Lipinski definition) is 0. The first-order chi connectivity index (χ1) is 9.70. The zero-order valence-electron chi connectivity index (χ0n) is 12.2. The smallest absolute Gasteiger partial charge is 0.296 e. The van der Waals surface area contributed by atoms with E-state index in [0.29, 0.717) is 29.3 Å². The lowest BCUT2D eigenvalue weighted by Crippen LogP contribution is -2.12. The maximum atomic E-state index is 11.6. The molecule has 2 rings (SSSR count). The van der Waals surface area contributed by atoms with Crippen LogP contribution in [0.15, 0.2) is 11.2 Å². The second-order valence-electron chi connectivity index (χ2n) is 5.23. The van der Waals surface area contributed by atoms with Gasteiger partial charge in [0.1, 0.15) is 0 Å². The molecule has 0 atom stereocenters. The van der Waals surface area contributed by atoms with Gasteiger partial charge in [0.05, 0.1) is 11.4 Å². The van der Waals surface area contributed by atoms with Gasteiger partial charge >= 0.3 is 0 Å². The summed E-state index contributed by atoms with van der Waals surface area (Å²) in [5, 5.41) is 15.5. The highest BCUT2D eigenvalue weighted by Crippen LogP contribution is 2.25. The van der Waals surface area contributed by atoms with Crippen molar-refractivity contribution < 1.29 is 8.42 Å². The summed E-state index contributed by atoms with van der Waals surface area (Å²) in [6, 6.07) is 1.80. The van der Waals surface area contributed by atoms with Crippen LogP contribution in [0.4, 0.5) is 0 Å². The molecule has 9 heteroatoms. The lowest BCUT2D eigenvalue weighted by molar-refractivity contribution is 0.488. The molecular formula is C12H16ClN5O2S. The van der Waals surface area contributed by atoms with E-state index >= 15 is 0 Å². The Balaban J connectivity index is 2.69. The van der Waals surface area contributed by atoms with Crippen LogP contribution >= 0.6 is 10.7 Å². The van der Waals surface area contributed by atoms with Gasteiger partial charge in [0.25, 0.3) is 14.2 Å². The summed E-state index contributed by atoms with van der Waals surface area (Å²) < 4.78 is 24.8. The number of hydrogen-bond acceptors (Lipinski definition) is 6. The van der Waals surface area contributed by atoms with E-state index in [1.165, 1.54) is 4.57 Å². The van der Waals surface area contributed by atoms with Gasteiger partial charge in [-0.3, -0.25) is 4.57 Å². The Bertz CT molecular complexity index is 770. The van der Waals surface area contributed by atoms with Crippen molar-refractivity contribution in [2.45, 2.75) is 39.4 Å². The maximum absolute atomic E-state index is 11.6. The van der Waals surface area contributed by atoms with Crippen molar-refractivity contribution in [1.29, 1.82) is 0 Å². The summed E-state index contributed by atoms with van der Waals surface area (Å²) in [4.78, 5) is 0. The van der Waals surface area contributed by atoms with Gasteiger partial charge in [-0.1, -0.05) is 13.8 Å². The largest absolute Gasteiger partial charge is 0.297 e. The van der Waals surface area contributed by atoms with Crippen LogP contribution in [-0.2, 0) is 15.6 Å². The van der Waals surface area contributed by atoms with Gasteiger partial charge in [-0.05, 0) is 25.8 Å². The molecule has 2 aromatic heterocycles. The minimum atomic E-state index is -3.96. The lowest BCUT2D eigenvalue weighted by atomic mass is 10.1. The molecule has 0 aromatic carbocycles. The Morgan fingerprint density at radius 1 is 1.19 bits per heavy atom. The molecule has 0 spiro atoms. The molecule has 0 amide bonds. The zero-order chi connectivity index (χ0) is 15.8. The first-order valence-electron chi connectivity index (χ1n) is 6.39. The number of nitrogens with zero attached hydrogens (tertiary/aromatic N) is 5. The molecule has 0 saturated carbocycles. The first-order valence-corrected chi connectivity index (χ1v) is 8.70. The van der Waals surface area contributed by atoms with Crippen LogP contribution in [0.3, 0.4) is 0 Å². The van der Waals surface area contributed by atoms with Crippen LogP contribution in [-0.4, -0.2) is 33.4 Å². The van der Waals surface area contributed by atoms with Crippen molar-refractivity contribution in [3.05, 3.63) is 17.5 Å². The van der Waals surface area contributed by atoms with E-state index in [1.54, 1.807) is 19.9 Å². The van der Waals surface area contributed by atoms with E-state index in [4.69, 9.17) is 10.7 Å². The third-order valence-corrected chi connectivity index (χ3v) is 3.98. The molecular weight excluding hydrogens is 314 g/mol. The van der Waals surface area contributed by atoms with Gasteiger partial charge in [-0.25, -0.2) is 8.42 Å². The third kappa shape index (κ3) is 3.38. The average molecular weight is 330 g/mol. The monoisotopic (exact) mass is 329 g/mol. The predicted octanol–water partition coefficient (Wildman–Crippen LogP) is 1.94. The number of aromatic nitrogens is 5. The molecule has 2 heterocycles. The molecule has 0 fully saturated rings. The highest BCUT2D eigenvalue weighted by molar-refractivity contribution is 8.13. The normalized spacial score (nSPS) is 12.1. The van der Waals surface area contributed by atoms with Crippen LogP contribution < -0.4 is 0 Å². The van der Waals surface area contributed by atoms with Crippen LogP contribution in [0.2, 0.25) is 0 Å². The molecule has 0 aliphatic carbocycles. The van der Waals surface area contributed by atoms with Crippen molar-refractivity contribution in [3.8, 4) is 11.4 Å². The Labute approximate surface area is 127 Å². The lowest BCUT2D eigenvalue weighted by Gasteiger charge is -2.12. The van der Waals surface area contributed by atoms with Gasteiger partial charge in [0, 0.05) is 22.8 Å². The number of aryl methyl sites for hydroxylation is 2. The van der Waals surface area contributed by atoms with Gasteiger partial charge < -0.3 is 0 Å². The van der Waals surface area contributed by atoms with Crippen LogP contribution in [0, 0.1) is 19.8 Å². The van der Waals surface area contributed by atoms with Gasteiger partial charge in [-0.15, -0.1) is 10.2 Å². The number of halogens is 1. The molecule has 0 N–H and O–H groups in total. The van der Waals surface area contributed by atoms with Crippen LogP contribution in [0.1, 0.15) is 25.2 Å². The number of rotatable bonds is 4. The fraction of sp³-hybridized carbons (Fsp3) is 0.500. The minimum Gasteiger partial charge on any atom is -0.297 e. The van der Waals surface area contributed by atoms with Crippen molar-refractivity contribution >= 4 is 19.7 Å². The van der Waals surface area contributed by atoms with Crippen LogP contribution in [0.25, 0.3) is 11.4 Å². The molecule has 2 aromatic rings. The highest BCUT2D eigenvalue weighted by atomic mass is 35.7. The van der Waals surface area contributed by atoms with Gasteiger partial charge in [-0.2, -0.15) is 10.2 Å². The second-order valence-corrected chi connectivity index (χ2v) is 7.69. The third-order valence-electron chi connectivity index (χ3n) is 2.82. The molecule has 0 aliphatic heterocycles. The van der Waals surface area contributed by atoms with E-state index < -0.39 is 9.05 Å². The molecule has 0 bridgehead atoms. The zero-order valence-corrected chi connectivity index (χ0v) is 13.8. The Morgan fingerprint density at radius 2 is 1.86 bits per heavy atom. The van der Waals surface area contributed by atoms with Crippen molar-refractivity contribution in [1.82, 2.24) is 25.0 Å². The molecule has 7 nitrogen and oxygen atoms in total. The standard InChI is InChI=1S/C12H16ClN5O2S/c1-7(2)6-18-11(16-17-12(18)21(13,19)20)10-5-8(3)14-15-9(10)4/h5,7H,6H2,1-4H3. The average Bonchev–Trinajstić information content (AvgIpc) is 2.74. The van der Waals surface area contributed by atoms with Crippen molar-refractivity contribution in [2.24, 2.45) is 5.92 Å². The summed E-state index contributed by atoms with van der Waals surface area (Å²) >= 11 is 0. The molecule has 0 saturated heterocycles. The van der Waals surface area contributed by atoms with E-state index in [0.717, 1.165) is 0 Å². The fourth-order valence-corrected chi connectivity index (χ4v) is 2.88. The Morgan fingerprint density at radius 3 is 2.43 bits per heavy atom. The molecule has 0 aliphatic rings. The first kappa shape index (κ1) is 15.8. The molecule has 0 unspecified atom stereocenters. The van der Waals surface area contributed by atoms with Crippen LogP contribution in [0.5, 0.6) is 0 Å². The van der Waals surface area contributed by atoms with Crippen molar-refractivity contribution in [2.75, 3.05) is 0 Å². The SMILES string of the molecule is Cc1cc(-c2nnc(S(=O)(=O)Cl)n2CC(C)C)c(C)nn1. The van der Waals surface area contributed by atoms with E-state index in [-0.39, 0.29) is 11.1 Å². The van der Waals surface area contributed by atoms with Gasteiger partial charge in [0.2, 0.25) is 0 Å². The fourth-order valence-electron chi connectivity index (χ4n) is 1.97. The minimum absolute atomic E-state index is 0.202.